The molecule has 1 aliphatic rings. The van der Waals surface area contributed by atoms with E-state index in [1.54, 1.807) is 12.1 Å². The van der Waals surface area contributed by atoms with E-state index < -0.39 is 0 Å². The average molecular weight is 232 g/mol. The number of hydrogen-bond donors (Lipinski definition) is 0. The minimum atomic E-state index is 0.142. The highest BCUT2D eigenvalue weighted by molar-refractivity contribution is 6.36. The molecule has 0 N–H and O–H groups in total. The van der Waals surface area contributed by atoms with E-state index in [-0.39, 0.29) is 6.10 Å². The third-order valence-corrected chi connectivity index (χ3v) is 2.87. The highest BCUT2D eigenvalue weighted by Crippen LogP contribution is 2.43. The van der Waals surface area contributed by atoms with E-state index in [0.717, 1.165) is 12.2 Å². The molecule has 0 radical (unpaired) electrons. The Morgan fingerprint density at radius 1 is 1.36 bits per heavy atom. The van der Waals surface area contributed by atoms with Gasteiger partial charge in [0.05, 0.1) is 22.3 Å². The number of ether oxygens (including phenoxy) is 1. The second-order valence-corrected chi connectivity index (χ2v) is 4.33. The van der Waals surface area contributed by atoms with Crippen LogP contribution in [0.2, 0.25) is 10.0 Å². The molecule has 1 aromatic carbocycles. The van der Waals surface area contributed by atoms with Crippen molar-refractivity contribution in [1.82, 2.24) is 0 Å². The third-order valence-electron chi connectivity index (χ3n) is 2.27. The zero-order valence-electron chi connectivity index (χ0n) is 8.05. The first-order valence-electron chi connectivity index (χ1n) is 4.45. The number of likely N-dealkylation sites (N-methyl/N-ethyl adjacent to an activating group) is 1. The highest BCUT2D eigenvalue weighted by atomic mass is 35.5. The van der Waals surface area contributed by atoms with Gasteiger partial charge in [0.25, 0.3) is 0 Å². The summed E-state index contributed by atoms with van der Waals surface area (Å²) in [5.74, 6) is 0.695. The quantitative estimate of drug-likeness (QED) is 0.680. The Labute approximate surface area is 93.4 Å². The van der Waals surface area contributed by atoms with Crippen molar-refractivity contribution in [3.05, 3.63) is 22.2 Å². The molecule has 0 spiro atoms. The van der Waals surface area contributed by atoms with Crippen molar-refractivity contribution in [1.29, 1.82) is 0 Å². The van der Waals surface area contributed by atoms with Gasteiger partial charge in [-0.1, -0.05) is 23.2 Å². The van der Waals surface area contributed by atoms with Gasteiger partial charge in [0.1, 0.15) is 6.10 Å². The first-order valence-corrected chi connectivity index (χ1v) is 5.21. The predicted molar refractivity (Wildman–Crippen MR) is 59.8 cm³/mol. The molecule has 0 fully saturated rings. The van der Waals surface area contributed by atoms with Gasteiger partial charge in [0.15, 0.2) is 5.75 Å². The van der Waals surface area contributed by atoms with Gasteiger partial charge in [-0.05, 0) is 19.1 Å². The SMILES string of the molecule is CC1CN(C)c2c(Cl)ccc(Cl)c2O1. The number of hydrogen-bond acceptors (Lipinski definition) is 2. The Kier molecular flexibility index (Phi) is 2.50. The molecule has 2 rings (SSSR count). The van der Waals surface area contributed by atoms with Crippen molar-refractivity contribution in [2.24, 2.45) is 0 Å². The fourth-order valence-corrected chi connectivity index (χ4v) is 2.20. The molecule has 2 nitrogen and oxygen atoms in total. The summed E-state index contributed by atoms with van der Waals surface area (Å²) in [5, 5.41) is 1.29. The minimum Gasteiger partial charge on any atom is -0.485 e. The van der Waals surface area contributed by atoms with E-state index in [4.69, 9.17) is 27.9 Å². The summed E-state index contributed by atoms with van der Waals surface area (Å²) in [4.78, 5) is 2.07. The Bertz CT molecular complexity index is 367. The molecule has 1 aromatic rings. The summed E-state index contributed by atoms with van der Waals surface area (Å²) in [6.45, 7) is 2.84. The molecule has 0 saturated heterocycles. The molecule has 1 heterocycles. The lowest BCUT2D eigenvalue weighted by Gasteiger charge is -2.33. The van der Waals surface area contributed by atoms with Gasteiger partial charge in [-0.25, -0.2) is 0 Å². The molecule has 0 aliphatic carbocycles. The molecule has 76 valence electrons. The van der Waals surface area contributed by atoms with Gasteiger partial charge in [0.2, 0.25) is 0 Å². The van der Waals surface area contributed by atoms with Gasteiger partial charge in [-0.3, -0.25) is 0 Å². The topological polar surface area (TPSA) is 12.5 Å². The maximum absolute atomic E-state index is 6.08. The maximum atomic E-state index is 6.08. The van der Waals surface area contributed by atoms with E-state index in [0.29, 0.717) is 15.8 Å². The van der Waals surface area contributed by atoms with E-state index >= 15 is 0 Å². The standard InChI is InChI=1S/C10H11Cl2NO/c1-6-5-13(2)9-7(11)3-4-8(12)10(9)14-6/h3-4,6H,5H2,1-2H3. The van der Waals surface area contributed by atoms with Crippen LogP contribution in [0.1, 0.15) is 6.92 Å². The first-order chi connectivity index (χ1) is 6.59. The second kappa shape index (κ2) is 3.52. The Morgan fingerprint density at radius 3 is 2.71 bits per heavy atom. The first kappa shape index (κ1) is 9.94. The Balaban J connectivity index is 2.57. The Hall–Kier alpha value is -0.600. The molecule has 1 aliphatic heterocycles. The third kappa shape index (κ3) is 1.53. The van der Waals surface area contributed by atoms with Crippen molar-refractivity contribution < 1.29 is 4.74 Å². The van der Waals surface area contributed by atoms with Crippen LogP contribution in [0.4, 0.5) is 5.69 Å². The molecule has 0 amide bonds. The smallest absolute Gasteiger partial charge is 0.163 e. The molecular weight excluding hydrogens is 221 g/mol. The largest absolute Gasteiger partial charge is 0.485 e. The van der Waals surface area contributed by atoms with Crippen LogP contribution < -0.4 is 9.64 Å². The maximum Gasteiger partial charge on any atom is 0.163 e. The zero-order chi connectivity index (χ0) is 10.3. The highest BCUT2D eigenvalue weighted by Gasteiger charge is 2.24. The number of anilines is 1. The van der Waals surface area contributed by atoms with Crippen LogP contribution in [0, 0.1) is 0 Å². The summed E-state index contributed by atoms with van der Waals surface area (Å²) >= 11 is 12.1. The van der Waals surface area contributed by atoms with Gasteiger partial charge in [0, 0.05) is 7.05 Å². The molecular formula is C10H11Cl2NO. The van der Waals surface area contributed by atoms with Crippen LogP contribution in [-0.4, -0.2) is 19.7 Å². The van der Waals surface area contributed by atoms with Crippen LogP contribution in [0.3, 0.4) is 0 Å². The van der Waals surface area contributed by atoms with Gasteiger partial charge >= 0.3 is 0 Å². The van der Waals surface area contributed by atoms with E-state index in [1.807, 2.05) is 14.0 Å². The molecule has 0 bridgehead atoms. The van der Waals surface area contributed by atoms with Crippen molar-refractivity contribution in [3.8, 4) is 5.75 Å². The van der Waals surface area contributed by atoms with Crippen molar-refractivity contribution in [3.63, 3.8) is 0 Å². The normalized spacial score (nSPS) is 20.3. The van der Waals surface area contributed by atoms with Crippen molar-refractivity contribution in [2.75, 3.05) is 18.5 Å². The number of halogens is 2. The van der Waals surface area contributed by atoms with E-state index in [9.17, 15) is 0 Å². The number of benzene rings is 1. The number of rotatable bonds is 0. The number of nitrogens with zero attached hydrogens (tertiary/aromatic N) is 1. The lowest BCUT2D eigenvalue weighted by molar-refractivity contribution is 0.215. The summed E-state index contributed by atoms with van der Waals surface area (Å²) < 4.78 is 5.66. The fourth-order valence-electron chi connectivity index (χ4n) is 1.71. The molecule has 14 heavy (non-hydrogen) atoms. The summed E-state index contributed by atoms with van der Waals surface area (Å²) in [5.41, 5.74) is 0.886. The predicted octanol–water partition coefficient (Wildman–Crippen LogP) is 3.21. The van der Waals surface area contributed by atoms with Crippen LogP contribution >= 0.6 is 23.2 Å². The Morgan fingerprint density at radius 2 is 2.00 bits per heavy atom. The van der Waals surface area contributed by atoms with Crippen molar-refractivity contribution in [2.45, 2.75) is 13.0 Å². The van der Waals surface area contributed by atoms with Crippen LogP contribution in [0.25, 0.3) is 0 Å². The second-order valence-electron chi connectivity index (χ2n) is 3.52. The molecule has 1 atom stereocenters. The van der Waals surface area contributed by atoms with Crippen LogP contribution in [0.5, 0.6) is 5.75 Å². The van der Waals surface area contributed by atoms with Crippen molar-refractivity contribution >= 4 is 28.9 Å². The van der Waals surface area contributed by atoms with E-state index in [2.05, 4.69) is 4.90 Å². The fraction of sp³-hybridized carbons (Fsp3) is 0.400. The van der Waals surface area contributed by atoms with Gasteiger partial charge in [-0.15, -0.1) is 0 Å². The molecule has 4 heteroatoms. The van der Waals surface area contributed by atoms with Gasteiger partial charge < -0.3 is 9.64 Å². The summed E-state index contributed by atoms with van der Waals surface area (Å²) in [6.07, 6.45) is 0.142. The van der Waals surface area contributed by atoms with Gasteiger partial charge in [-0.2, -0.15) is 0 Å². The summed E-state index contributed by atoms with van der Waals surface area (Å²) in [7, 11) is 1.99. The number of fused-ring (bicyclic) bond motifs is 1. The van der Waals surface area contributed by atoms with E-state index in [1.165, 1.54) is 0 Å². The van der Waals surface area contributed by atoms with Crippen LogP contribution in [0.15, 0.2) is 12.1 Å². The molecule has 0 saturated carbocycles. The molecule has 1 unspecified atom stereocenters. The average Bonchev–Trinajstić information content (AvgIpc) is 2.10. The minimum absolute atomic E-state index is 0.142. The molecule has 0 aromatic heterocycles. The van der Waals surface area contributed by atoms with Crippen LogP contribution in [-0.2, 0) is 0 Å². The zero-order valence-corrected chi connectivity index (χ0v) is 9.56. The lowest BCUT2D eigenvalue weighted by Crippen LogP contribution is -2.35. The summed E-state index contributed by atoms with van der Waals surface area (Å²) in [6, 6.07) is 3.55. The monoisotopic (exact) mass is 231 g/mol. The lowest BCUT2D eigenvalue weighted by atomic mass is 10.2.